The number of halogens is 2. The van der Waals surface area contributed by atoms with Gasteiger partial charge in [-0.3, -0.25) is 34.5 Å². The number of nitrogens with one attached hydrogen (secondary N) is 4. The number of carbonyl (C=O) groups is 3. The van der Waals surface area contributed by atoms with Crippen LogP contribution in [0.1, 0.15) is 53.7 Å². The van der Waals surface area contributed by atoms with Crippen LogP contribution in [0.15, 0.2) is 67.0 Å². The number of hydrogen-bond acceptors (Lipinski definition) is 12. The third kappa shape index (κ3) is 8.63. The lowest BCUT2D eigenvalue weighted by molar-refractivity contribution is -0.133. The number of anilines is 5. The molecule has 17 heteroatoms. The van der Waals surface area contributed by atoms with E-state index in [1.54, 1.807) is 4.52 Å². The lowest BCUT2D eigenvalue weighted by Gasteiger charge is -2.40. The number of benzene rings is 2. The van der Waals surface area contributed by atoms with E-state index < -0.39 is 18.3 Å². The van der Waals surface area contributed by atoms with Gasteiger partial charge in [0.2, 0.25) is 11.8 Å². The van der Waals surface area contributed by atoms with Crippen LogP contribution in [0.2, 0.25) is 5.02 Å². The van der Waals surface area contributed by atoms with Gasteiger partial charge in [0.15, 0.2) is 17.2 Å². The molecule has 328 valence electrons. The zero-order chi connectivity index (χ0) is 43.2. The second kappa shape index (κ2) is 17.4. The lowest BCUT2D eigenvalue weighted by atomic mass is 9.95. The largest absolute Gasteiger partial charge is 0.385 e. The molecule has 4 aliphatic heterocycles. The molecule has 7 heterocycles. The van der Waals surface area contributed by atoms with Crippen molar-refractivity contribution in [1.82, 2.24) is 40.0 Å². The normalized spacial score (nSPS) is 22.0. The van der Waals surface area contributed by atoms with Gasteiger partial charge in [0.1, 0.15) is 12.2 Å². The second-order valence-corrected chi connectivity index (χ2v) is 17.9. The van der Waals surface area contributed by atoms with Gasteiger partial charge in [-0.2, -0.15) is 0 Å². The number of carbonyl (C=O) groups excluding carboxylic acids is 3. The summed E-state index contributed by atoms with van der Waals surface area (Å²) in [6.07, 6.45) is 6.83. The molecule has 5 aromatic rings. The van der Waals surface area contributed by atoms with Crippen molar-refractivity contribution >= 4 is 63.5 Å². The Kier molecular flexibility index (Phi) is 11.4. The summed E-state index contributed by atoms with van der Waals surface area (Å²) in [5.41, 5.74) is 8.84. The van der Waals surface area contributed by atoms with Crippen molar-refractivity contribution < 1.29 is 18.8 Å². The van der Waals surface area contributed by atoms with Gasteiger partial charge in [-0.25, -0.2) is 13.9 Å². The van der Waals surface area contributed by atoms with E-state index in [1.807, 2.05) is 37.5 Å². The molecule has 0 bridgehead atoms. The van der Waals surface area contributed by atoms with Crippen LogP contribution in [0.5, 0.6) is 0 Å². The summed E-state index contributed by atoms with van der Waals surface area (Å²) in [5.74, 6) is 0.454. The molecule has 63 heavy (non-hydrogen) atoms. The van der Waals surface area contributed by atoms with Crippen molar-refractivity contribution in [3.05, 3.63) is 88.8 Å². The Morgan fingerprint density at radius 1 is 0.905 bits per heavy atom. The van der Waals surface area contributed by atoms with Crippen LogP contribution in [0.4, 0.5) is 33.0 Å². The highest BCUT2D eigenvalue weighted by molar-refractivity contribution is 6.33. The molecule has 3 atom stereocenters. The zero-order valence-electron chi connectivity index (χ0n) is 35.3. The summed E-state index contributed by atoms with van der Waals surface area (Å²) in [7, 11) is 1.82. The zero-order valence-corrected chi connectivity index (χ0v) is 36.1. The predicted molar refractivity (Wildman–Crippen MR) is 242 cm³/mol. The third-order valence-electron chi connectivity index (χ3n) is 13.3. The van der Waals surface area contributed by atoms with Gasteiger partial charge in [0.05, 0.1) is 34.3 Å². The van der Waals surface area contributed by atoms with Crippen LogP contribution in [0.3, 0.4) is 0 Å². The van der Waals surface area contributed by atoms with E-state index >= 15 is 0 Å². The summed E-state index contributed by atoms with van der Waals surface area (Å²) in [4.78, 5) is 55.8. The van der Waals surface area contributed by atoms with Crippen molar-refractivity contribution in [3.8, 4) is 11.3 Å². The first-order chi connectivity index (χ1) is 30.7. The molecule has 4 fully saturated rings. The Bertz CT molecular complexity index is 2540. The number of imide groups is 1. The summed E-state index contributed by atoms with van der Waals surface area (Å²) < 4.78 is 15.1. The molecule has 1 saturated carbocycles. The van der Waals surface area contributed by atoms with Crippen molar-refractivity contribution in [2.45, 2.75) is 63.3 Å². The molecule has 1 aliphatic carbocycles. The monoisotopic (exact) mass is 874 g/mol. The van der Waals surface area contributed by atoms with Gasteiger partial charge >= 0.3 is 0 Å². The van der Waals surface area contributed by atoms with E-state index in [9.17, 15) is 18.8 Å². The van der Waals surface area contributed by atoms with E-state index in [0.29, 0.717) is 41.7 Å². The fraction of sp³-hybridized carbons (Fsp3) is 0.435. The molecule has 5 aliphatic rings. The maximum atomic E-state index is 13.6. The molecule has 2 aromatic carbocycles. The molecular formula is C46H52ClFN12O3. The summed E-state index contributed by atoms with van der Waals surface area (Å²) in [5, 5.41) is 17.1. The van der Waals surface area contributed by atoms with Gasteiger partial charge in [-0.15, -0.1) is 5.10 Å². The molecule has 4 N–H and O–H groups in total. The molecule has 0 spiro atoms. The van der Waals surface area contributed by atoms with Crippen LogP contribution in [-0.4, -0.2) is 125 Å². The van der Waals surface area contributed by atoms with Crippen molar-refractivity contribution in [3.63, 3.8) is 0 Å². The summed E-state index contributed by atoms with van der Waals surface area (Å²) in [6.45, 7) is 8.67. The van der Waals surface area contributed by atoms with Crippen LogP contribution in [0.25, 0.3) is 16.9 Å². The number of rotatable bonds is 12. The predicted octanol–water partition coefficient (Wildman–Crippen LogP) is 5.27. The van der Waals surface area contributed by atoms with Gasteiger partial charge < -0.3 is 25.8 Å². The maximum absolute atomic E-state index is 13.6. The minimum atomic E-state index is -0.999. The van der Waals surface area contributed by atoms with Crippen LogP contribution in [-0.2, 0) is 22.6 Å². The molecule has 1 unspecified atom stereocenters. The van der Waals surface area contributed by atoms with E-state index in [2.05, 4.69) is 76.2 Å². The molecular weight excluding hydrogens is 823 g/mol. The Morgan fingerprint density at radius 3 is 2.46 bits per heavy atom. The molecule has 10 rings (SSSR count). The highest BCUT2D eigenvalue weighted by atomic mass is 35.5. The Hall–Kier alpha value is -5.84. The number of fused-ring (bicyclic) bond motifs is 2. The van der Waals surface area contributed by atoms with Crippen LogP contribution in [0, 0.1) is 5.92 Å². The molecule has 3 amide bonds. The number of alkyl halides is 1. The summed E-state index contributed by atoms with van der Waals surface area (Å²) >= 11 is 6.74. The van der Waals surface area contributed by atoms with E-state index in [4.69, 9.17) is 21.7 Å². The number of pyridine rings is 1. The maximum Gasteiger partial charge on any atom is 0.271 e. The number of imidazole rings is 1. The Morgan fingerprint density at radius 2 is 1.73 bits per heavy atom. The van der Waals surface area contributed by atoms with Crippen molar-refractivity contribution in [2.24, 2.45) is 5.92 Å². The summed E-state index contributed by atoms with van der Waals surface area (Å²) in [6, 6.07) is 17.6. The van der Waals surface area contributed by atoms with Gasteiger partial charge in [-0.1, -0.05) is 29.8 Å². The van der Waals surface area contributed by atoms with E-state index in [1.165, 1.54) is 30.2 Å². The minimum absolute atomic E-state index is 0.227. The molecule has 15 nitrogen and oxygen atoms in total. The number of piperazine rings is 1. The number of piperidine rings is 2. The second-order valence-electron chi connectivity index (χ2n) is 17.5. The van der Waals surface area contributed by atoms with E-state index in [-0.39, 0.29) is 23.4 Å². The van der Waals surface area contributed by atoms with Crippen LogP contribution < -0.4 is 31.1 Å². The number of aromatic nitrogens is 4. The number of nitrogens with zero attached hydrogens (tertiary/aromatic N) is 8. The number of hydrogen-bond donors (Lipinski definition) is 4. The standard InChI is InChI=1S/C46H52ClFN12O3/c1-49-38-23-42(55-60-41(25-51-44(38)60)46(63)53-37-22-34(37)48)59-16-13-32-31(3-2-4-39(32)59)35-7-5-29(24-50-35)27-56-14-11-28(12-15-56)26-57-17-19-58(20-18-57)40-9-6-30(21-33(40)47)52-36-8-10-43(61)54-45(36)62/h2-7,9,21,23-25,28,34,36-37,49,52H,8,10-20,22,26-27H2,1H3,(H,53,63)(H,54,61,62)/t34-,36?,37+/m0/s1. The smallest absolute Gasteiger partial charge is 0.271 e. The quantitative estimate of drug-likeness (QED) is 0.121. The molecule has 0 radical (unpaired) electrons. The average Bonchev–Trinajstić information content (AvgIpc) is 3.60. The Balaban J connectivity index is 0.712. The first kappa shape index (κ1) is 41.2. The van der Waals surface area contributed by atoms with Gasteiger partial charge in [0.25, 0.3) is 5.91 Å². The topological polar surface area (TPSA) is 155 Å². The molecule has 3 saturated heterocycles. The highest BCUT2D eigenvalue weighted by Gasteiger charge is 2.39. The Labute approximate surface area is 370 Å². The minimum Gasteiger partial charge on any atom is -0.385 e. The third-order valence-corrected chi connectivity index (χ3v) is 13.6. The number of amides is 3. The molecule has 3 aromatic heterocycles. The first-order valence-electron chi connectivity index (χ1n) is 22.1. The average molecular weight is 875 g/mol. The number of likely N-dealkylation sites (tertiary alicyclic amines) is 1. The SMILES string of the molecule is CNc1cc(N2CCc3c(-c4ccc(CN5CCC(CN6CCN(c7ccc(NC8CCC(=O)NC8=O)cc7Cl)CC6)CC5)cn4)cccc32)nn2c(C(=O)N[C@@H]3C[C@@H]3F)cnc12. The highest BCUT2D eigenvalue weighted by Crippen LogP contribution is 2.40. The van der Waals surface area contributed by atoms with E-state index in [0.717, 1.165) is 99.3 Å². The van der Waals surface area contributed by atoms with Crippen molar-refractivity contribution in [1.29, 1.82) is 0 Å². The van der Waals surface area contributed by atoms with Gasteiger partial charge in [-0.05, 0) is 86.1 Å². The fourth-order valence-electron chi connectivity index (χ4n) is 9.58. The lowest BCUT2D eigenvalue weighted by Crippen LogP contribution is -2.49. The fourth-order valence-corrected chi connectivity index (χ4v) is 9.88. The first-order valence-corrected chi connectivity index (χ1v) is 22.5. The van der Waals surface area contributed by atoms with Crippen molar-refractivity contribution in [2.75, 3.05) is 79.8 Å². The van der Waals surface area contributed by atoms with Gasteiger partial charge in [0, 0.05) is 94.9 Å². The van der Waals surface area contributed by atoms with Crippen LogP contribution >= 0.6 is 11.6 Å².